The van der Waals surface area contributed by atoms with E-state index in [1.807, 2.05) is 0 Å². The Hall–Kier alpha value is -0.130. The van der Waals surface area contributed by atoms with E-state index in [-0.39, 0.29) is 0 Å². The molecule has 1 aromatic carbocycles. The Morgan fingerprint density at radius 3 is 2.38 bits per heavy atom. The van der Waals surface area contributed by atoms with Gasteiger partial charge in [-0.25, -0.2) is 0 Å². The fourth-order valence-corrected chi connectivity index (χ4v) is 4.07. The third kappa shape index (κ3) is 3.25. The Bertz CT molecular complexity index is 292. The topological polar surface area (TPSA) is 0 Å². The largest absolute Gasteiger partial charge is 0.0928 e. The van der Waals surface area contributed by atoms with Gasteiger partial charge in [-0.05, 0) is 30.6 Å². The van der Waals surface area contributed by atoms with Crippen LogP contribution in [-0.4, -0.2) is 12.8 Å². The van der Waals surface area contributed by atoms with E-state index in [2.05, 4.69) is 43.9 Å². The lowest BCUT2D eigenvalue weighted by molar-refractivity contribution is 0.892. The monoisotopic (exact) mass is 212 g/mol. The number of hydrogen-bond acceptors (Lipinski definition) is 1. The molecule has 2 heteroatoms. The SMILES string of the molecule is CCCCP(C)(=S)c1ccccc1. The van der Waals surface area contributed by atoms with Gasteiger partial charge in [0, 0.05) is 0 Å². The highest BCUT2D eigenvalue weighted by atomic mass is 32.4. The van der Waals surface area contributed by atoms with Crippen molar-refractivity contribution in [2.75, 3.05) is 12.8 Å². The first-order chi connectivity index (χ1) is 6.17. The molecular formula is C11H17PS. The van der Waals surface area contributed by atoms with E-state index in [0.29, 0.717) is 0 Å². The van der Waals surface area contributed by atoms with Gasteiger partial charge in [0.2, 0.25) is 0 Å². The Balaban J connectivity index is 2.76. The standard InChI is InChI=1S/C11H17PS/c1-3-4-10-12(2,13)11-8-6-5-7-9-11/h5-9H,3-4,10H2,1-2H3. The third-order valence-electron chi connectivity index (χ3n) is 2.24. The number of unbranched alkanes of at least 4 members (excludes halogenated alkanes) is 1. The molecule has 0 bridgehead atoms. The lowest BCUT2D eigenvalue weighted by atomic mass is 10.4. The van der Waals surface area contributed by atoms with E-state index >= 15 is 0 Å². The molecule has 0 saturated carbocycles. The molecule has 1 rings (SSSR count). The smallest absolute Gasteiger partial charge is 0.0145 e. The molecule has 1 unspecified atom stereocenters. The van der Waals surface area contributed by atoms with Gasteiger partial charge in [0.15, 0.2) is 0 Å². The Labute approximate surface area is 86.4 Å². The molecule has 0 aliphatic rings. The van der Waals surface area contributed by atoms with Crippen LogP contribution in [0.4, 0.5) is 0 Å². The maximum atomic E-state index is 5.69. The van der Waals surface area contributed by atoms with Gasteiger partial charge < -0.3 is 0 Å². The van der Waals surface area contributed by atoms with E-state index in [4.69, 9.17) is 11.8 Å². The Kier molecular flexibility index (Phi) is 4.15. The summed E-state index contributed by atoms with van der Waals surface area (Å²) in [6, 6.07) is 9.36. The predicted octanol–water partition coefficient (Wildman–Crippen LogP) is 3.22. The van der Waals surface area contributed by atoms with Crippen molar-refractivity contribution in [2.24, 2.45) is 0 Å². The van der Waals surface area contributed by atoms with Crippen LogP contribution in [0.3, 0.4) is 0 Å². The van der Waals surface area contributed by atoms with Crippen molar-refractivity contribution >= 4 is 23.1 Å². The second-order valence-electron chi connectivity index (χ2n) is 3.51. The molecule has 0 nitrogen and oxygen atoms in total. The van der Waals surface area contributed by atoms with Crippen LogP contribution < -0.4 is 5.30 Å². The van der Waals surface area contributed by atoms with Gasteiger partial charge in [-0.1, -0.05) is 55.5 Å². The maximum Gasteiger partial charge on any atom is -0.0145 e. The quantitative estimate of drug-likeness (QED) is 0.690. The van der Waals surface area contributed by atoms with Crippen LogP contribution in [0.15, 0.2) is 30.3 Å². The van der Waals surface area contributed by atoms with Gasteiger partial charge in [-0.15, -0.1) is 0 Å². The molecule has 0 N–H and O–H groups in total. The van der Waals surface area contributed by atoms with Crippen molar-refractivity contribution in [1.82, 2.24) is 0 Å². The van der Waals surface area contributed by atoms with Crippen molar-refractivity contribution < 1.29 is 0 Å². The van der Waals surface area contributed by atoms with E-state index in [1.165, 1.54) is 24.3 Å². The molecule has 0 spiro atoms. The normalized spacial score (nSPS) is 15.2. The molecule has 0 heterocycles. The van der Waals surface area contributed by atoms with E-state index in [1.54, 1.807) is 0 Å². The molecule has 1 atom stereocenters. The molecule has 0 aromatic heterocycles. The Morgan fingerprint density at radius 2 is 1.85 bits per heavy atom. The van der Waals surface area contributed by atoms with Gasteiger partial charge in [-0.3, -0.25) is 0 Å². The summed E-state index contributed by atoms with van der Waals surface area (Å²) in [6.07, 6.45) is 3.73. The molecule has 0 radical (unpaired) electrons. The van der Waals surface area contributed by atoms with Gasteiger partial charge in [-0.2, -0.15) is 0 Å². The summed E-state index contributed by atoms with van der Waals surface area (Å²) in [4.78, 5) is 0. The second-order valence-corrected chi connectivity index (χ2v) is 9.10. The van der Waals surface area contributed by atoms with Crippen LogP contribution >= 0.6 is 6.04 Å². The van der Waals surface area contributed by atoms with Crippen LogP contribution in [0.2, 0.25) is 0 Å². The molecule has 13 heavy (non-hydrogen) atoms. The lowest BCUT2D eigenvalue weighted by Gasteiger charge is -2.16. The summed E-state index contributed by atoms with van der Waals surface area (Å²) in [5.74, 6) is 0. The minimum Gasteiger partial charge on any atom is -0.0928 e. The average molecular weight is 212 g/mol. The Morgan fingerprint density at radius 1 is 1.23 bits per heavy atom. The summed E-state index contributed by atoms with van der Waals surface area (Å²) in [5, 5.41) is 1.39. The van der Waals surface area contributed by atoms with E-state index in [9.17, 15) is 0 Å². The zero-order valence-electron chi connectivity index (χ0n) is 8.36. The summed E-state index contributed by atoms with van der Waals surface area (Å²) in [7, 11) is 0. The van der Waals surface area contributed by atoms with E-state index in [0.717, 1.165) is 0 Å². The fraction of sp³-hybridized carbons (Fsp3) is 0.455. The minimum atomic E-state index is -1.23. The second kappa shape index (κ2) is 4.93. The van der Waals surface area contributed by atoms with Gasteiger partial charge in [0.25, 0.3) is 0 Å². The number of hydrogen-bond donors (Lipinski definition) is 0. The fourth-order valence-electron chi connectivity index (χ4n) is 1.33. The first-order valence-electron chi connectivity index (χ1n) is 4.79. The van der Waals surface area contributed by atoms with Crippen LogP contribution in [0.25, 0.3) is 0 Å². The van der Waals surface area contributed by atoms with Crippen molar-refractivity contribution in [3.63, 3.8) is 0 Å². The van der Waals surface area contributed by atoms with Gasteiger partial charge in [0.05, 0.1) is 0 Å². The van der Waals surface area contributed by atoms with Gasteiger partial charge in [0.1, 0.15) is 0 Å². The lowest BCUT2D eigenvalue weighted by Crippen LogP contribution is -2.05. The highest BCUT2D eigenvalue weighted by Gasteiger charge is 2.11. The number of benzene rings is 1. The van der Waals surface area contributed by atoms with Crippen molar-refractivity contribution in [2.45, 2.75) is 19.8 Å². The summed E-state index contributed by atoms with van der Waals surface area (Å²) in [5.41, 5.74) is 0. The molecular weight excluding hydrogens is 195 g/mol. The molecule has 1 aromatic rings. The van der Waals surface area contributed by atoms with E-state index < -0.39 is 6.04 Å². The predicted molar refractivity (Wildman–Crippen MR) is 66.1 cm³/mol. The average Bonchev–Trinajstić information content (AvgIpc) is 2.16. The first-order valence-corrected chi connectivity index (χ1v) is 8.22. The molecule has 0 saturated heterocycles. The van der Waals surface area contributed by atoms with Crippen LogP contribution in [0.5, 0.6) is 0 Å². The zero-order chi connectivity index (χ0) is 9.73. The first kappa shape index (κ1) is 10.9. The molecule has 0 aliphatic carbocycles. The van der Waals surface area contributed by atoms with Crippen molar-refractivity contribution in [3.8, 4) is 0 Å². The molecule has 72 valence electrons. The molecule has 0 fully saturated rings. The third-order valence-corrected chi connectivity index (χ3v) is 5.98. The molecule has 0 aliphatic heterocycles. The molecule has 0 amide bonds. The minimum absolute atomic E-state index is 1.21. The highest BCUT2D eigenvalue weighted by molar-refractivity contribution is 8.17. The maximum absolute atomic E-state index is 5.69. The van der Waals surface area contributed by atoms with Crippen LogP contribution in [0.1, 0.15) is 19.8 Å². The van der Waals surface area contributed by atoms with Crippen LogP contribution in [-0.2, 0) is 11.8 Å². The van der Waals surface area contributed by atoms with Crippen molar-refractivity contribution in [1.29, 1.82) is 0 Å². The summed E-state index contributed by atoms with van der Waals surface area (Å²) >= 11 is 5.69. The van der Waals surface area contributed by atoms with Crippen LogP contribution in [0, 0.1) is 0 Å². The van der Waals surface area contributed by atoms with Gasteiger partial charge >= 0.3 is 0 Å². The zero-order valence-corrected chi connectivity index (χ0v) is 10.1. The number of rotatable bonds is 4. The highest BCUT2D eigenvalue weighted by Crippen LogP contribution is 2.40. The van der Waals surface area contributed by atoms with Crippen molar-refractivity contribution in [3.05, 3.63) is 30.3 Å². The summed E-state index contributed by atoms with van der Waals surface area (Å²) < 4.78 is 0. The summed E-state index contributed by atoms with van der Waals surface area (Å²) in [6.45, 7) is 4.48.